The van der Waals surface area contributed by atoms with Gasteiger partial charge < -0.3 is 5.32 Å². The molecule has 0 aliphatic carbocycles. The second-order valence-corrected chi connectivity index (χ2v) is 4.04. The zero-order valence-corrected chi connectivity index (χ0v) is 9.64. The maximum atomic E-state index is 5.60. The van der Waals surface area contributed by atoms with E-state index in [0.29, 0.717) is 17.9 Å². The molecule has 72 valence electrons. The highest BCUT2D eigenvalue weighted by Crippen LogP contribution is 2.08. The molecule has 0 aliphatic heterocycles. The fraction of sp³-hybridized carbons (Fsp3) is 0.500. The van der Waals surface area contributed by atoms with E-state index in [-0.39, 0.29) is 0 Å². The van der Waals surface area contributed by atoms with Crippen LogP contribution in [-0.4, -0.2) is 21.9 Å². The second kappa shape index (κ2) is 5.40. The van der Waals surface area contributed by atoms with Gasteiger partial charge in [-0.05, 0) is 29.3 Å². The van der Waals surface area contributed by atoms with Crippen LogP contribution in [0.2, 0.25) is 0 Å². The first-order valence-electron chi connectivity index (χ1n) is 4.02. The molecule has 0 spiro atoms. The smallest absolute Gasteiger partial charge is 0.222 e. The van der Waals surface area contributed by atoms with E-state index in [9.17, 15) is 0 Å². The fourth-order valence-electron chi connectivity index (χ4n) is 0.843. The number of anilines is 1. The normalized spacial score (nSPS) is 12.5. The standard InChI is InChI=1S/C8H11BrClN3/c1-6(2-3-10)13-8-11-4-7(9)5-12-8/h4-6H,2-3H2,1H3,(H,11,12,13). The zero-order chi connectivity index (χ0) is 9.68. The Bertz CT molecular complexity index is 252. The fourth-order valence-corrected chi connectivity index (χ4v) is 1.38. The average Bonchev–Trinajstić information content (AvgIpc) is 2.09. The quantitative estimate of drug-likeness (QED) is 0.850. The van der Waals surface area contributed by atoms with Crippen molar-refractivity contribution in [2.45, 2.75) is 19.4 Å². The first kappa shape index (κ1) is 10.7. The van der Waals surface area contributed by atoms with Crippen LogP contribution < -0.4 is 5.32 Å². The molecule has 1 N–H and O–H groups in total. The van der Waals surface area contributed by atoms with Crippen molar-refractivity contribution in [3.05, 3.63) is 16.9 Å². The van der Waals surface area contributed by atoms with E-state index in [1.54, 1.807) is 12.4 Å². The minimum absolute atomic E-state index is 0.304. The van der Waals surface area contributed by atoms with Crippen molar-refractivity contribution in [1.29, 1.82) is 0 Å². The molecule has 1 rings (SSSR count). The van der Waals surface area contributed by atoms with Gasteiger partial charge in [0.05, 0.1) is 4.47 Å². The molecule has 3 nitrogen and oxygen atoms in total. The van der Waals surface area contributed by atoms with Crippen LogP contribution in [0, 0.1) is 0 Å². The maximum Gasteiger partial charge on any atom is 0.222 e. The van der Waals surface area contributed by atoms with Gasteiger partial charge in [0.15, 0.2) is 0 Å². The molecule has 1 unspecified atom stereocenters. The first-order valence-corrected chi connectivity index (χ1v) is 5.35. The Balaban J connectivity index is 2.49. The molecule has 0 radical (unpaired) electrons. The largest absolute Gasteiger partial charge is 0.352 e. The number of hydrogen-bond donors (Lipinski definition) is 1. The van der Waals surface area contributed by atoms with E-state index in [2.05, 4.69) is 31.2 Å². The highest BCUT2D eigenvalue weighted by molar-refractivity contribution is 9.10. The van der Waals surface area contributed by atoms with Gasteiger partial charge in [-0.25, -0.2) is 9.97 Å². The highest BCUT2D eigenvalue weighted by atomic mass is 79.9. The molecule has 0 saturated carbocycles. The number of aromatic nitrogens is 2. The van der Waals surface area contributed by atoms with Gasteiger partial charge in [-0.15, -0.1) is 11.6 Å². The lowest BCUT2D eigenvalue weighted by Crippen LogP contribution is -2.17. The summed E-state index contributed by atoms with van der Waals surface area (Å²) < 4.78 is 0.878. The minimum Gasteiger partial charge on any atom is -0.352 e. The number of rotatable bonds is 4. The third-order valence-corrected chi connectivity index (χ3v) is 2.17. The molecular formula is C8H11BrClN3. The Morgan fingerprint density at radius 2 is 2.15 bits per heavy atom. The van der Waals surface area contributed by atoms with E-state index in [4.69, 9.17) is 11.6 Å². The summed E-state index contributed by atoms with van der Waals surface area (Å²) >= 11 is 8.87. The van der Waals surface area contributed by atoms with Gasteiger partial charge in [0.2, 0.25) is 5.95 Å². The van der Waals surface area contributed by atoms with Crippen molar-refractivity contribution >= 4 is 33.5 Å². The second-order valence-electron chi connectivity index (χ2n) is 2.75. The van der Waals surface area contributed by atoms with Crippen LogP contribution in [-0.2, 0) is 0 Å². The zero-order valence-electron chi connectivity index (χ0n) is 7.30. The molecule has 5 heteroatoms. The number of hydrogen-bond acceptors (Lipinski definition) is 3. The third-order valence-electron chi connectivity index (χ3n) is 1.54. The lowest BCUT2D eigenvalue weighted by molar-refractivity contribution is 0.757. The minimum atomic E-state index is 0.304. The van der Waals surface area contributed by atoms with Crippen LogP contribution in [0.15, 0.2) is 16.9 Å². The van der Waals surface area contributed by atoms with Crippen LogP contribution in [0.1, 0.15) is 13.3 Å². The molecule has 0 bridgehead atoms. The first-order chi connectivity index (χ1) is 6.22. The lowest BCUT2D eigenvalue weighted by atomic mass is 10.3. The molecule has 1 aromatic rings. The van der Waals surface area contributed by atoms with E-state index < -0.39 is 0 Å². The van der Waals surface area contributed by atoms with Crippen molar-refractivity contribution in [3.8, 4) is 0 Å². The van der Waals surface area contributed by atoms with E-state index >= 15 is 0 Å². The summed E-state index contributed by atoms with van der Waals surface area (Å²) in [7, 11) is 0. The Hall–Kier alpha value is -0.350. The van der Waals surface area contributed by atoms with Crippen molar-refractivity contribution in [2.75, 3.05) is 11.2 Å². The molecular weight excluding hydrogens is 253 g/mol. The molecule has 0 aliphatic rings. The Morgan fingerprint density at radius 3 is 2.69 bits per heavy atom. The van der Waals surface area contributed by atoms with Crippen LogP contribution in [0.5, 0.6) is 0 Å². The number of alkyl halides is 1. The van der Waals surface area contributed by atoms with Gasteiger partial charge >= 0.3 is 0 Å². The van der Waals surface area contributed by atoms with Crippen molar-refractivity contribution in [2.24, 2.45) is 0 Å². The van der Waals surface area contributed by atoms with Gasteiger partial charge in [0.25, 0.3) is 0 Å². The molecule has 1 atom stereocenters. The van der Waals surface area contributed by atoms with Crippen LogP contribution in [0.3, 0.4) is 0 Å². The number of nitrogens with zero attached hydrogens (tertiary/aromatic N) is 2. The molecule has 0 amide bonds. The summed E-state index contributed by atoms with van der Waals surface area (Å²) in [4.78, 5) is 8.18. The summed E-state index contributed by atoms with van der Waals surface area (Å²) in [6.07, 6.45) is 4.33. The Morgan fingerprint density at radius 1 is 1.54 bits per heavy atom. The molecule has 1 heterocycles. The summed E-state index contributed by atoms with van der Waals surface area (Å²) in [5, 5.41) is 3.14. The molecule has 13 heavy (non-hydrogen) atoms. The summed E-state index contributed by atoms with van der Waals surface area (Å²) in [5.74, 6) is 1.28. The molecule has 0 fully saturated rings. The SMILES string of the molecule is CC(CCCl)Nc1ncc(Br)cn1. The average molecular weight is 265 g/mol. The van der Waals surface area contributed by atoms with E-state index in [0.717, 1.165) is 10.9 Å². The maximum absolute atomic E-state index is 5.60. The van der Waals surface area contributed by atoms with Crippen LogP contribution >= 0.6 is 27.5 Å². The lowest BCUT2D eigenvalue weighted by Gasteiger charge is -2.11. The molecule has 1 aromatic heterocycles. The monoisotopic (exact) mass is 263 g/mol. The number of halogens is 2. The molecule has 0 saturated heterocycles. The van der Waals surface area contributed by atoms with Gasteiger partial charge in [-0.1, -0.05) is 0 Å². The summed E-state index contributed by atoms with van der Waals surface area (Å²) in [6.45, 7) is 2.05. The Labute approximate surface area is 91.1 Å². The van der Waals surface area contributed by atoms with Gasteiger partial charge in [0, 0.05) is 24.3 Å². The van der Waals surface area contributed by atoms with Crippen LogP contribution in [0.4, 0.5) is 5.95 Å². The predicted octanol–water partition coefficient (Wildman–Crippen LogP) is 2.67. The summed E-state index contributed by atoms with van der Waals surface area (Å²) in [6, 6.07) is 0.304. The van der Waals surface area contributed by atoms with Gasteiger partial charge in [-0.2, -0.15) is 0 Å². The summed E-state index contributed by atoms with van der Waals surface area (Å²) in [5.41, 5.74) is 0. The van der Waals surface area contributed by atoms with Crippen LogP contribution in [0.25, 0.3) is 0 Å². The topological polar surface area (TPSA) is 37.8 Å². The van der Waals surface area contributed by atoms with Crippen molar-refractivity contribution in [1.82, 2.24) is 9.97 Å². The van der Waals surface area contributed by atoms with E-state index in [1.165, 1.54) is 0 Å². The van der Waals surface area contributed by atoms with Gasteiger partial charge in [-0.3, -0.25) is 0 Å². The predicted molar refractivity (Wildman–Crippen MR) is 58.2 cm³/mol. The number of nitrogens with one attached hydrogen (secondary N) is 1. The van der Waals surface area contributed by atoms with Crippen molar-refractivity contribution in [3.63, 3.8) is 0 Å². The third kappa shape index (κ3) is 3.91. The highest BCUT2D eigenvalue weighted by Gasteiger charge is 2.02. The molecule has 0 aromatic carbocycles. The van der Waals surface area contributed by atoms with Gasteiger partial charge in [0.1, 0.15) is 0 Å². The Kier molecular flexibility index (Phi) is 4.45. The van der Waals surface area contributed by atoms with E-state index in [1.807, 2.05) is 6.92 Å². The van der Waals surface area contributed by atoms with Crippen molar-refractivity contribution < 1.29 is 0 Å².